The van der Waals surface area contributed by atoms with Crippen LogP contribution in [0.3, 0.4) is 0 Å². The summed E-state index contributed by atoms with van der Waals surface area (Å²) >= 11 is 6.18. The Morgan fingerprint density at radius 2 is 1.65 bits per heavy atom. The van der Waals surface area contributed by atoms with Crippen molar-refractivity contribution in [3.05, 3.63) is 137 Å². The molecule has 0 spiro atoms. The molecule has 1 amide bonds. The molecule has 40 heavy (non-hydrogen) atoms. The predicted molar refractivity (Wildman–Crippen MR) is 153 cm³/mol. The molecule has 1 heterocycles. The van der Waals surface area contributed by atoms with Crippen LogP contribution < -0.4 is 9.46 Å². The van der Waals surface area contributed by atoms with Gasteiger partial charge in [0.2, 0.25) is 0 Å². The molecule has 1 aromatic heterocycles. The van der Waals surface area contributed by atoms with Crippen molar-refractivity contribution >= 4 is 27.5 Å². The van der Waals surface area contributed by atoms with Crippen molar-refractivity contribution < 1.29 is 22.3 Å². The second-order valence-corrected chi connectivity index (χ2v) is 11.1. The molecule has 0 bridgehead atoms. The van der Waals surface area contributed by atoms with Gasteiger partial charge in [-0.1, -0.05) is 54.1 Å². The zero-order valence-electron chi connectivity index (χ0n) is 21.3. The van der Waals surface area contributed by atoms with Crippen molar-refractivity contribution in [2.24, 2.45) is 0 Å². The van der Waals surface area contributed by atoms with E-state index in [0.29, 0.717) is 17.0 Å². The number of benzene rings is 4. The number of para-hydroxylation sites is 1. The highest BCUT2D eigenvalue weighted by molar-refractivity contribution is 7.90. The summed E-state index contributed by atoms with van der Waals surface area (Å²) in [6, 6.07) is 30.0. The number of hydrogen-bond donors (Lipinski definition) is 1. The van der Waals surface area contributed by atoms with Crippen LogP contribution in [0.2, 0.25) is 5.02 Å². The molecule has 0 atom stereocenters. The standard InChI is InChI=1S/C31H24ClFN2O4S/c1-21-14-17-29(27-12-5-6-13-30(27)39-20-23-15-16-24(33)19-28(23)32)35(21)25-9-7-8-22(18-25)31(36)34-40(37,38)26-10-3-2-4-11-26/h2-19H,20H2,1H3,(H,34,36). The van der Waals surface area contributed by atoms with Crippen molar-refractivity contribution in [2.75, 3.05) is 0 Å². The summed E-state index contributed by atoms with van der Waals surface area (Å²) in [5, 5.41) is 0.279. The summed E-state index contributed by atoms with van der Waals surface area (Å²) in [5.41, 5.74) is 3.97. The number of ether oxygens (including phenoxy) is 1. The SMILES string of the molecule is Cc1ccc(-c2ccccc2OCc2ccc(F)cc2Cl)n1-c1cccc(C(=O)NS(=O)(=O)c2ccccc2)c1. The number of hydrogen-bond acceptors (Lipinski definition) is 4. The van der Waals surface area contributed by atoms with Crippen LogP contribution in [0.5, 0.6) is 5.75 Å². The number of halogens is 2. The fourth-order valence-electron chi connectivity index (χ4n) is 4.32. The van der Waals surface area contributed by atoms with E-state index < -0.39 is 21.7 Å². The molecule has 0 fully saturated rings. The van der Waals surface area contributed by atoms with Gasteiger partial charge in [-0.05, 0) is 73.7 Å². The molecule has 0 aliphatic carbocycles. The minimum atomic E-state index is -4.03. The molecule has 6 nitrogen and oxygen atoms in total. The molecular formula is C31H24ClFN2O4S. The van der Waals surface area contributed by atoms with E-state index >= 15 is 0 Å². The fraction of sp³-hybridized carbons (Fsp3) is 0.0645. The number of carbonyl (C=O) groups is 1. The topological polar surface area (TPSA) is 77.4 Å². The Bertz CT molecular complexity index is 1800. The van der Waals surface area contributed by atoms with Crippen LogP contribution in [-0.4, -0.2) is 18.9 Å². The van der Waals surface area contributed by atoms with E-state index in [2.05, 4.69) is 4.72 Å². The van der Waals surface area contributed by atoms with Crippen LogP contribution in [0.25, 0.3) is 16.9 Å². The minimum absolute atomic E-state index is 0.00146. The van der Waals surface area contributed by atoms with Crippen molar-refractivity contribution in [3.63, 3.8) is 0 Å². The van der Waals surface area contributed by atoms with Crippen LogP contribution in [0, 0.1) is 12.7 Å². The maximum Gasteiger partial charge on any atom is 0.265 e. The molecule has 5 aromatic rings. The number of aryl methyl sites for hydroxylation is 1. The number of carbonyl (C=O) groups excluding carboxylic acids is 1. The number of nitrogens with one attached hydrogen (secondary N) is 1. The molecule has 1 N–H and O–H groups in total. The zero-order chi connectivity index (χ0) is 28.3. The van der Waals surface area contributed by atoms with Crippen molar-refractivity contribution in [1.29, 1.82) is 0 Å². The summed E-state index contributed by atoms with van der Waals surface area (Å²) in [5.74, 6) is -0.571. The number of aromatic nitrogens is 1. The maximum atomic E-state index is 13.5. The van der Waals surface area contributed by atoms with E-state index in [-0.39, 0.29) is 22.1 Å². The van der Waals surface area contributed by atoms with E-state index in [0.717, 1.165) is 17.0 Å². The molecule has 4 aromatic carbocycles. The lowest BCUT2D eigenvalue weighted by atomic mass is 10.1. The third-order valence-electron chi connectivity index (χ3n) is 6.28. The van der Waals surface area contributed by atoms with Gasteiger partial charge >= 0.3 is 0 Å². The third-order valence-corrected chi connectivity index (χ3v) is 7.98. The summed E-state index contributed by atoms with van der Waals surface area (Å²) in [6.07, 6.45) is 0. The van der Waals surface area contributed by atoms with Gasteiger partial charge in [0.05, 0.1) is 15.6 Å². The van der Waals surface area contributed by atoms with Gasteiger partial charge in [0.1, 0.15) is 18.2 Å². The Labute approximate surface area is 236 Å². The monoisotopic (exact) mass is 574 g/mol. The lowest BCUT2D eigenvalue weighted by Crippen LogP contribution is -2.30. The number of rotatable bonds is 8. The maximum absolute atomic E-state index is 13.5. The molecule has 9 heteroatoms. The van der Waals surface area contributed by atoms with Crippen LogP contribution in [0.15, 0.2) is 114 Å². The third kappa shape index (κ3) is 5.78. The average molecular weight is 575 g/mol. The summed E-state index contributed by atoms with van der Waals surface area (Å²) in [4.78, 5) is 13.0. The first-order valence-corrected chi connectivity index (χ1v) is 14.2. The van der Waals surface area contributed by atoms with Crippen LogP contribution in [-0.2, 0) is 16.6 Å². The number of sulfonamides is 1. The lowest BCUT2D eigenvalue weighted by Gasteiger charge is -2.17. The molecule has 0 saturated carbocycles. The van der Waals surface area contributed by atoms with Crippen LogP contribution >= 0.6 is 11.6 Å². The van der Waals surface area contributed by atoms with Crippen LogP contribution in [0.4, 0.5) is 4.39 Å². The molecule has 0 saturated heterocycles. The van der Waals surface area contributed by atoms with E-state index in [9.17, 15) is 17.6 Å². The molecule has 0 radical (unpaired) electrons. The predicted octanol–water partition coefficient (Wildman–Crippen LogP) is 6.94. The Morgan fingerprint density at radius 1 is 0.900 bits per heavy atom. The van der Waals surface area contributed by atoms with Gasteiger partial charge in [-0.2, -0.15) is 0 Å². The van der Waals surface area contributed by atoms with Gasteiger partial charge in [0.15, 0.2) is 0 Å². The van der Waals surface area contributed by atoms with E-state index in [4.69, 9.17) is 16.3 Å². The highest BCUT2D eigenvalue weighted by Gasteiger charge is 2.20. The highest BCUT2D eigenvalue weighted by atomic mass is 35.5. The molecular weight excluding hydrogens is 551 g/mol. The molecule has 0 aliphatic rings. The van der Waals surface area contributed by atoms with Crippen LogP contribution in [0.1, 0.15) is 21.6 Å². The Balaban J connectivity index is 1.45. The second kappa shape index (κ2) is 11.4. The Kier molecular flexibility index (Phi) is 7.73. The summed E-state index contributed by atoms with van der Waals surface area (Å²) < 4.78 is 49.0. The largest absolute Gasteiger partial charge is 0.488 e. The van der Waals surface area contributed by atoms with Crippen molar-refractivity contribution in [2.45, 2.75) is 18.4 Å². The van der Waals surface area contributed by atoms with Gasteiger partial charge in [-0.25, -0.2) is 17.5 Å². The Hall–Kier alpha value is -4.40. The highest BCUT2D eigenvalue weighted by Crippen LogP contribution is 2.34. The first-order valence-electron chi connectivity index (χ1n) is 12.3. The molecule has 202 valence electrons. The van der Waals surface area contributed by atoms with Gasteiger partial charge < -0.3 is 9.30 Å². The molecule has 0 aliphatic heterocycles. The minimum Gasteiger partial charge on any atom is -0.488 e. The molecule has 0 unspecified atom stereocenters. The smallest absolute Gasteiger partial charge is 0.265 e. The van der Waals surface area contributed by atoms with Crippen molar-refractivity contribution in [3.8, 4) is 22.7 Å². The summed E-state index contributed by atoms with van der Waals surface area (Å²) in [6.45, 7) is 2.07. The average Bonchev–Trinajstić information content (AvgIpc) is 3.34. The lowest BCUT2D eigenvalue weighted by molar-refractivity contribution is 0.0981. The van der Waals surface area contributed by atoms with E-state index in [1.165, 1.54) is 24.3 Å². The van der Waals surface area contributed by atoms with Gasteiger partial charge in [0.25, 0.3) is 15.9 Å². The number of nitrogens with zero attached hydrogens (tertiary/aromatic N) is 1. The first kappa shape index (κ1) is 27.2. The fourth-order valence-corrected chi connectivity index (χ4v) is 5.53. The Morgan fingerprint density at radius 3 is 2.42 bits per heavy atom. The molecule has 5 rings (SSSR count). The van der Waals surface area contributed by atoms with Gasteiger partial charge in [0, 0.05) is 28.1 Å². The first-order chi connectivity index (χ1) is 19.2. The normalized spacial score (nSPS) is 11.3. The quantitative estimate of drug-likeness (QED) is 0.218. The van der Waals surface area contributed by atoms with E-state index in [1.54, 1.807) is 42.5 Å². The van der Waals surface area contributed by atoms with E-state index in [1.807, 2.05) is 54.0 Å². The second-order valence-electron chi connectivity index (χ2n) is 9.01. The van der Waals surface area contributed by atoms with Gasteiger partial charge in [-0.15, -0.1) is 0 Å². The van der Waals surface area contributed by atoms with Gasteiger partial charge in [-0.3, -0.25) is 4.79 Å². The number of amides is 1. The zero-order valence-corrected chi connectivity index (χ0v) is 22.9. The van der Waals surface area contributed by atoms with Crippen molar-refractivity contribution in [1.82, 2.24) is 9.29 Å². The summed E-state index contributed by atoms with van der Waals surface area (Å²) in [7, 11) is -4.03.